The molecule has 0 bridgehead atoms. The van der Waals surface area contributed by atoms with Crippen molar-refractivity contribution in [2.75, 3.05) is 0 Å². The van der Waals surface area contributed by atoms with Crippen LogP contribution in [0.2, 0.25) is 0 Å². The minimum atomic E-state index is -0.770. The van der Waals surface area contributed by atoms with Crippen LogP contribution < -0.4 is 5.32 Å². The van der Waals surface area contributed by atoms with Crippen molar-refractivity contribution in [1.82, 2.24) is 15.5 Å². The Morgan fingerprint density at radius 1 is 1.50 bits per heavy atom. The molecule has 98 valence electrons. The number of H-pyrrole nitrogens is 1. The molecule has 0 spiro atoms. The third-order valence-corrected chi connectivity index (χ3v) is 3.43. The summed E-state index contributed by atoms with van der Waals surface area (Å²) in [5, 5.41) is 18.4. The molecule has 6 nitrogen and oxygen atoms in total. The van der Waals surface area contributed by atoms with Crippen molar-refractivity contribution in [2.45, 2.75) is 38.6 Å². The molecule has 1 aliphatic rings. The monoisotopic (exact) mass is 251 g/mol. The predicted molar refractivity (Wildman–Crippen MR) is 64.2 cm³/mol. The first-order chi connectivity index (χ1) is 8.58. The fourth-order valence-corrected chi connectivity index (χ4v) is 2.39. The summed E-state index contributed by atoms with van der Waals surface area (Å²) in [5.74, 6) is -1.29. The molecule has 1 saturated carbocycles. The number of rotatable bonds is 3. The smallest absolute Gasteiger partial charge is 0.306 e. The number of amides is 1. The number of hydrogen-bond acceptors (Lipinski definition) is 3. The second-order valence-electron chi connectivity index (χ2n) is 4.78. The van der Waals surface area contributed by atoms with E-state index in [4.69, 9.17) is 5.11 Å². The Bertz CT molecular complexity index is 455. The Hall–Kier alpha value is -1.85. The topological polar surface area (TPSA) is 95.1 Å². The minimum Gasteiger partial charge on any atom is -0.481 e. The molecule has 1 aromatic heterocycles. The molecule has 2 rings (SSSR count). The summed E-state index contributed by atoms with van der Waals surface area (Å²) in [4.78, 5) is 22.9. The zero-order valence-corrected chi connectivity index (χ0v) is 10.3. The molecule has 6 heteroatoms. The van der Waals surface area contributed by atoms with Gasteiger partial charge in [0.05, 0.1) is 17.7 Å². The molecule has 0 aliphatic heterocycles. The maximum absolute atomic E-state index is 12.0. The van der Waals surface area contributed by atoms with Gasteiger partial charge in [-0.1, -0.05) is 6.42 Å². The number of aromatic amines is 1. The highest BCUT2D eigenvalue weighted by molar-refractivity contribution is 5.95. The van der Waals surface area contributed by atoms with Crippen molar-refractivity contribution in [1.29, 1.82) is 0 Å². The van der Waals surface area contributed by atoms with Gasteiger partial charge in [0.15, 0.2) is 0 Å². The number of nitrogens with zero attached hydrogens (tertiary/aromatic N) is 1. The Morgan fingerprint density at radius 2 is 2.28 bits per heavy atom. The highest BCUT2D eigenvalue weighted by Crippen LogP contribution is 2.24. The molecule has 2 atom stereocenters. The van der Waals surface area contributed by atoms with Crippen LogP contribution >= 0.6 is 0 Å². The minimum absolute atomic E-state index is 0.0540. The average molecular weight is 251 g/mol. The van der Waals surface area contributed by atoms with Crippen LogP contribution in [0.5, 0.6) is 0 Å². The first-order valence-electron chi connectivity index (χ1n) is 6.11. The number of carboxylic acids is 1. The quantitative estimate of drug-likeness (QED) is 0.749. The molecule has 1 amide bonds. The van der Waals surface area contributed by atoms with E-state index in [2.05, 4.69) is 15.5 Å². The van der Waals surface area contributed by atoms with Crippen LogP contribution in [0.3, 0.4) is 0 Å². The Kier molecular flexibility index (Phi) is 3.64. The van der Waals surface area contributed by atoms with E-state index in [0.717, 1.165) is 18.5 Å². The van der Waals surface area contributed by atoms with E-state index in [0.29, 0.717) is 18.4 Å². The van der Waals surface area contributed by atoms with Gasteiger partial charge in [0.2, 0.25) is 0 Å². The third kappa shape index (κ3) is 2.69. The van der Waals surface area contributed by atoms with Crippen LogP contribution in [0.15, 0.2) is 6.20 Å². The molecule has 0 saturated heterocycles. The maximum atomic E-state index is 12.0. The predicted octanol–water partition coefficient (Wildman–Crippen LogP) is 1.09. The fraction of sp³-hybridized carbons (Fsp3) is 0.583. The lowest BCUT2D eigenvalue weighted by Crippen LogP contribution is -2.40. The van der Waals surface area contributed by atoms with Crippen LogP contribution in [0.4, 0.5) is 0 Å². The number of nitrogens with one attached hydrogen (secondary N) is 2. The summed E-state index contributed by atoms with van der Waals surface area (Å²) in [7, 11) is 0. The summed E-state index contributed by atoms with van der Waals surface area (Å²) in [6.45, 7) is 1.78. The second-order valence-corrected chi connectivity index (χ2v) is 4.78. The summed E-state index contributed by atoms with van der Waals surface area (Å²) in [6.07, 6.45) is 4.38. The highest BCUT2D eigenvalue weighted by Gasteiger charge is 2.28. The number of aromatic nitrogens is 2. The summed E-state index contributed by atoms with van der Waals surface area (Å²) in [6, 6.07) is -0.0540. The number of hydrogen-bond donors (Lipinski definition) is 3. The van der Waals surface area contributed by atoms with Gasteiger partial charge >= 0.3 is 5.97 Å². The van der Waals surface area contributed by atoms with Gasteiger partial charge in [-0.15, -0.1) is 0 Å². The van der Waals surface area contributed by atoms with Crippen molar-refractivity contribution in [3.8, 4) is 0 Å². The van der Waals surface area contributed by atoms with E-state index >= 15 is 0 Å². The number of carbonyl (C=O) groups is 2. The first-order valence-corrected chi connectivity index (χ1v) is 6.11. The van der Waals surface area contributed by atoms with E-state index in [-0.39, 0.29) is 17.9 Å². The molecule has 2 unspecified atom stereocenters. The fourth-order valence-electron chi connectivity index (χ4n) is 2.39. The molecule has 18 heavy (non-hydrogen) atoms. The standard InChI is InChI=1S/C12H17N3O3/c1-7-10(6-13-15-7)11(16)14-9-4-2-3-8(5-9)12(17)18/h6,8-9H,2-5H2,1H3,(H,13,15)(H,14,16)(H,17,18). The number of carbonyl (C=O) groups excluding carboxylic acids is 1. The van der Waals surface area contributed by atoms with Crippen LogP contribution in [-0.4, -0.2) is 33.2 Å². The lowest BCUT2D eigenvalue weighted by atomic mass is 9.85. The summed E-state index contributed by atoms with van der Waals surface area (Å²) in [5.41, 5.74) is 1.24. The summed E-state index contributed by atoms with van der Waals surface area (Å²) < 4.78 is 0. The lowest BCUT2D eigenvalue weighted by Gasteiger charge is -2.27. The van der Waals surface area contributed by atoms with Gasteiger partial charge in [-0.3, -0.25) is 14.7 Å². The molecular formula is C12H17N3O3. The number of aliphatic carboxylic acids is 1. The molecular weight excluding hydrogens is 234 g/mol. The van der Waals surface area contributed by atoms with Gasteiger partial charge in [-0.25, -0.2) is 0 Å². The first kappa shape index (κ1) is 12.6. The van der Waals surface area contributed by atoms with Crippen molar-refractivity contribution >= 4 is 11.9 Å². The molecule has 1 heterocycles. The lowest BCUT2D eigenvalue weighted by molar-refractivity contribution is -0.143. The van der Waals surface area contributed by atoms with Crippen LogP contribution in [0.1, 0.15) is 41.7 Å². The van der Waals surface area contributed by atoms with E-state index in [9.17, 15) is 9.59 Å². The van der Waals surface area contributed by atoms with Crippen LogP contribution in [0.25, 0.3) is 0 Å². The van der Waals surface area contributed by atoms with Crippen molar-refractivity contribution < 1.29 is 14.7 Å². The van der Waals surface area contributed by atoms with Gasteiger partial charge < -0.3 is 10.4 Å². The van der Waals surface area contributed by atoms with E-state index < -0.39 is 5.97 Å². The molecule has 3 N–H and O–H groups in total. The maximum Gasteiger partial charge on any atom is 0.306 e. The SMILES string of the molecule is Cc1[nH]ncc1C(=O)NC1CCCC(C(=O)O)C1. The van der Waals surface area contributed by atoms with Crippen molar-refractivity contribution in [3.05, 3.63) is 17.5 Å². The third-order valence-electron chi connectivity index (χ3n) is 3.43. The van der Waals surface area contributed by atoms with E-state index in [1.54, 1.807) is 6.92 Å². The normalized spacial score (nSPS) is 23.6. The summed E-state index contributed by atoms with van der Waals surface area (Å²) >= 11 is 0. The average Bonchev–Trinajstić information content (AvgIpc) is 2.76. The van der Waals surface area contributed by atoms with Gasteiger partial charge in [0.1, 0.15) is 0 Å². The number of carboxylic acid groups (broad SMARTS) is 1. The second kappa shape index (κ2) is 5.20. The molecule has 1 aliphatic carbocycles. The van der Waals surface area contributed by atoms with Crippen LogP contribution in [0, 0.1) is 12.8 Å². The Balaban J connectivity index is 1.95. The van der Waals surface area contributed by atoms with Gasteiger partial charge in [0, 0.05) is 11.7 Å². The van der Waals surface area contributed by atoms with Gasteiger partial charge in [-0.2, -0.15) is 5.10 Å². The molecule has 1 aromatic rings. The van der Waals surface area contributed by atoms with E-state index in [1.807, 2.05) is 0 Å². The highest BCUT2D eigenvalue weighted by atomic mass is 16.4. The van der Waals surface area contributed by atoms with Crippen molar-refractivity contribution in [2.24, 2.45) is 5.92 Å². The molecule has 0 radical (unpaired) electrons. The molecule has 1 fully saturated rings. The molecule has 0 aromatic carbocycles. The largest absolute Gasteiger partial charge is 0.481 e. The van der Waals surface area contributed by atoms with Crippen molar-refractivity contribution in [3.63, 3.8) is 0 Å². The number of aryl methyl sites for hydroxylation is 1. The zero-order valence-electron chi connectivity index (χ0n) is 10.3. The van der Waals surface area contributed by atoms with Gasteiger partial charge in [0.25, 0.3) is 5.91 Å². The van der Waals surface area contributed by atoms with E-state index in [1.165, 1.54) is 6.20 Å². The zero-order chi connectivity index (χ0) is 13.1. The Morgan fingerprint density at radius 3 is 2.89 bits per heavy atom. The van der Waals surface area contributed by atoms with Crippen LogP contribution in [-0.2, 0) is 4.79 Å². The van der Waals surface area contributed by atoms with Gasteiger partial charge in [-0.05, 0) is 26.2 Å². The Labute approximate surface area is 105 Å².